The third-order valence-corrected chi connectivity index (χ3v) is 3.11. The summed E-state index contributed by atoms with van der Waals surface area (Å²) in [7, 11) is 0. The molecule has 0 aromatic carbocycles. The topological polar surface area (TPSA) is 87.7 Å². The Morgan fingerprint density at radius 1 is 1.35 bits per heavy atom. The number of nitrogens with one attached hydrogen (secondary N) is 2. The van der Waals surface area contributed by atoms with Gasteiger partial charge in [-0.05, 0) is 37.5 Å². The van der Waals surface area contributed by atoms with Crippen molar-refractivity contribution in [2.45, 2.75) is 45.6 Å². The molecule has 0 spiro atoms. The molecule has 1 atom stereocenters. The predicted molar refractivity (Wildman–Crippen MR) is 75.6 cm³/mol. The molecular formula is C14H26N2O4. The molecular weight excluding hydrogens is 260 g/mol. The Labute approximate surface area is 120 Å². The van der Waals surface area contributed by atoms with Crippen LogP contribution in [0, 0.1) is 11.8 Å². The molecule has 2 amide bonds. The number of urea groups is 1. The van der Waals surface area contributed by atoms with Crippen molar-refractivity contribution in [3.8, 4) is 0 Å². The van der Waals surface area contributed by atoms with Gasteiger partial charge in [0.05, 0.1) is 0 Å². The molecule has 0 radical (unpaired) electrons. The van der Waals surface area contributed by atoms with E-state index in [9.17, 15) is 9.59 Å². The lowest BCUT2D eigenvalue weighted by Crippen LogP contribution is -2.46. The summed E-state index contributed by atoms with van der Waals surface area (Å²) in [6.07, 6.45) is 3.70. The fourth-order valence-corrected chi connectivity index (χ4v) is 1.81. The minimum Gasteiger partial charge on any atom is -0.480 e. The van der Waals surface area contributed by atoms with Crippen molar-refractivity contribution < 1.29 is 19.4 Å². The number of aliphatic carboxylic acids is 1. The third-order valence-electron chi connectivity index (χ3n) is 3.11. The van der Waals surface area contributed by atoms with E-state index in [-0.39, 0.29) is 5.92 Å². The van der Waals surface area contributed by atoms with Gasteiger partial charge in [-0.25, -0.2) is 9.59 Å². The molecule has 6 nitrogen and oxygen atoms in total. The van der Waals surface area contributed by atoms with Gasteiger partial charge in [0.1, 0.15) is 6.04 Å². The van der Waals surface area contributed by atoms with E-state index in [2.05, 4.69) is 10.6 Å². The average Bonchev–Trinajstić information content (AvgIpc) is 3.16. The maximum absolute atomic E-state index is 11.6. The molecule has 1 saturated carbocycles. The molecule has 3 N–H and O–H groups in total. The van der Waals surface area contributed by atoms with Crippen LogP contribution in [0.25, 0.3) is 0 Å². The zero-order valence-corrected chi connectivity index (χ0v) is 12.4. The van der Waals surface area contributed by atoms with Crippen LogP contribution < -0.4 is 10.6 Å². The van der Waals surface area contributed by atoms with Gasteiger partial charge in [0.15, 0.2) is 0 Å². The summed E-state index contributed by atoms with van der Waals surface area (Å²) in [5.74, 6) is -0.0348. The minimum atomic E-state index is -0.999. The molecule has 116 valence electrons. The van der Waals surface area contributed by atoms with Crippen molar-refractivity contribution in [2.24, 2.45) is 11.8 Å². The SMILES string of the molecule is CC(C)C[C@H](NC(=O)NCCCOCC1CC1)C(=O)O. The Morgan fingerprint density at radius 3 is 2.60 bits per heavy atom. The normalized spacial score (nSPS) is 15.9. The summed E-state index contributed by atoms with van der Waals surface area (Å²) < 4.78 is 5.45. The van der Waals surface area contributed by atoms with Crippen LogP contribution in [-0.4, -0.2) is 42.9 Å². The first kappa shape index (κ1) is 16.8. The molecule has 6 heteroatoms. The van der Waals surface area contributed by atoms with Crippen LogP contribution in [0.5, 0.6) is 0 Å². The second-order valence-corrected chi connectivity index (χ2v) is 5.79. The van der Waals surface area contributed by atoms with Gasteiger partial charge in [0.25, 0.3) is 0 Å². The fourth-order valence-electron chi connectivity index (χ4n) is 1.81. The van der Waals surface area contributed by atoms with E-state index in [0.29, 0.717) is 19.6 Å². The largest absolute Gasteiger partial charge is 0.480 e. The number of carbonyl (C=O) groups is 2. The molecule has 0 saturated heterocycles. The highest BCUT2D eigenvalue weighted by molar-refractivity contribution is 5.82. The predicted octanol–water partition coefficient (Wildman–Crippen LogP) is 1.60. The number of amides is 2. The Bertz CT molecular complexity index is 316. The van der Waals surface area contributed by atoms with Gasteiger partial charge in [-0.15, -0.1) is 0 Å². The monoisotopic (exact) mass is 286 g/mol. The lowest BCUT2D eigenvalue weighted by atomic mass is 10.0. The van der Waals surface area contributed by atoms with E-state index in [1.807, 2.05) is 13.8 Å². The van der Waals surface area contributed by atoms with Crippen LogP contribution in [-0.2, 0) is 9.53 Å². The maximum atomic E-state index is 11.6. The first-order valence-corrected chi connectivity index (χ1v) is 7.34. The summed E-state index contributed by atoms with van der Waals surface area (Å²) in [4.78, 5) is 22.6. The second-order valence-electron chi connectivity index (χ2n) is 5.79. The van der Waals surface area contributed by atoms with Crippen LogP contribution in [0.1, 0.15) is 39.5 Å². The molecule has 0 aromatic heterocycles. The van der Waals surface area contributed by atoms with Gasteiger partial charge in [0.2, 0.25) is 0 Å². The van der Waals surface area contributed by atoms with Crippen LogP contribution in [0.3, 0.4) is 0 Å². The summed E-state index contributed by atoms with van der Waals surface area (Å²) in [6, 6.07) is -1.26. The van der Waals surface area contributed by atoms with Gasteiger partial charge >= 0.3 is 12.0 Å². The molecule has 1 fully saturated rings. The lowest BCUT2D eigenvalue weighted by Gasteiger charge is -2.16. The molecule has 1 aliphatic rings. The van der Waals surface area contributed by atoms with Crippen molar-refractivity contribution >= 4 is 12.0 Å². The molecule has 0 bridgehead atoms. The Balaban J connectivity index is 2.05. The first-order valence-electron chi connectivity index (χ1n) is 7.34. The van der Waals surface area contributed by atoms with Crippen molar-refractivity contribution in [1.29, 1.82) is 0 Å². The molecule has 0 aromatic rings. The van der Waals surface area contributed by atoms with Crippen LogP contribution in [0.2, 0.25) is 0 Å². The van der Waals surface area contributed by atoms with Crippen LogP contribution in [0.15, 0.2) is 0 Å². The summed E-state index contributed by atoms with van der Waals surface area (Å²) in [5.41, 5.74) is 0. The fraction of sp³-hybridized carbons (Fsp3) is 0.857. The summed E-state index contributed by atoms with van der Waals surface area (Å²) >= 11 is 0. The summed E-state index contributed by atoms with van der Waals surface area (Å²) in [6.45, 7) is 5.79. The van der Waals surface area contributed by atoms with Crippen molar-refractivity contribution in [2.75, 3.05) is 19.8 Å². The number of carboxylic acids is 1. The number of carboxylic acid groups (broad SMARTS) is 1. The molecule has 1 rings (SSSR count). The van der Waals surface area contributed by atoms with Crippen molar-refractivity contribution in [3.63, 3.8) is 0 Å². The Morgan fingerprint density at radius 2 is 2.05 bits per heavy atom. The van der Waals surface area contributed by atoms with Crippen LogP contribution >= 0.6 is 0 Å². The Hall–Kier alpha value is -1.30. The van der Waals surface area contributed by atoms with Gasteiger partial charge < -0.3 is 20.5 Å². The molecule has 0 unspecified atom stereocenters. The van der Waals surface area contributed by atoms with E-state index in [0.717, 1.165) is 18.9 Å². The van der Waals surface area contributed by atoms with Crippen LogP contribution in [0.4, 0.5) is 4.79 Å². The van der Waals surface area contributed by atoms with E-state index in [1.165, 1.54) is 12.8 Å². The van der Waals surface area contributed by atoms with E-state index in [1.54, 1.807) is 0 Å². The number of hydrogen-bond donors (Lipinski definition) is 3. The minimum absolute atomic E-state index is 0.215. The van der Waals surface area contributed by atoms with E-state index in [4.69, 9.17) is 9.84 Å². The molecule has 1 aliphatic carbocycles. The number of rotatable bonds is 10. The zero-order valence-electron chi connectivity index (χ0n) is 12.4. The average molecular weight is 286 g/mol. The number of ether oxygens (including phenoxy) is 1. The molecule has 20 heavy (non-hydrogen) atoms. The van der Waals surface area contributed by atoms with E-state index < -0.39 is 18.0 Å². The smallest absolute Gasteiger partial charge is 0.326 e. The highest BCUT2D eigenvalue weighted by Crippen LogP contribution is 2.28. The Kier molecular flexibility index (Phi) is 7.36. The summed E-state index contributed by atoms with van der Waals surface area (Å²) in [5, 5.41) is 14.1. The first-order chi connectivity index (χ1) is 9.49. The van der Waals surface area contributed by atoms with Crippen molar-refractivity contribution in [3.05, 3.63) is 0 Å². The van der Waals surface area contributed by atoms with Gasteiger partial charge in [-0.1, -0.05) is 13.8 Å². The van der Waals surface area contributed by atoms with Gasteiger partial charge in [-0.2, -0.15) is 0 Å². The maximum Gasteiger partial charge on any atom is 0.326 e. The van der Waals surface area contributed by atoms with Gasteiger partial charge in [-0.3, -0.25) is 0 Å². The highest BCUT2D eigenvalue weighted by atomic mass is 16.5. The number of hydrogen-bond acceptors (Lipinski definition) is 3. The van der Waals surface area contributed by atoms with E-state index >= 15 is 0 Å². The highest BCUT2D eigenvalue weighted by Gasteiger charge is 2.21. The second kappa shape index (κ2) is 8.79. The molecule has 0 heterocycles. The number of carbonyl (C=O) groups excluding carboxylic acids is 1. The standard InChI is InChI=1S/C14H26N2O4/c1-10(2)8-12(13(17)18)16-14(19)15-6-3-7-20-9-11-4-5-11/h10-12H,3-9H2,1-2H3,(H,17,18)(H2,15,16,19)/t12-/m0/s1. The van der Waals surface area contributed by atoms with Crippen molar-refractivity contribution in [1.82, 2.24) is 10.6 Å². The van der Waals surface area contributed by atoms with Gasteiger partial charge in [0, 0.05) is 19.8 Å². The lowest BCUT2D eigenvalue weighted by molar-refractivity contribution is -0.139. The zero-order chi connectivity index (χ0) is 15.0. The third kappa shape index (κ3) is 7.99. The quantitative estimate of drug-likeness (QED) is 0.532. The molecule has 0 aliphatic heterocycles.